The van der Waals surface area contributed by atoms with Gasteiger partial charge in [-0.2, -0.15) is 0 Å². The molecule has 0 aromatic heterocycles. The van der Waals surface area contributed by atoms with Crippen molar-refractivity contribution in [3.05, 3.63) is 149 Å². The minimum Gasteiger partial charge on any atom is -0.147 e. The van der Waals surface area contributed by atoms with E-state index in [1.807, 2.05) is 0 Å². The summed E-state index contributed by atoms with van der Waals surface area (Å²) in [7, 11) is 0. The van der Waals surface area contributed by atoms with Crippen LogP contribution in [0.1, 0.15) is 62.4 Å². The van der Waals surface area contributed by atoms with Gasteiger partial charge in [0.05, 0.1) is 0 Å². The smallest absolute Gasteiger partial charge is 0.147 e. The van der Waals surface area contributed by atoms with Crippen LogP contribution in [0.2, 0.25) is 0 Å². The standard InChI is InChI=1S/C25H17.C11H16O.C3H6.2ClH.Ti/c1-3-9-18(10-4-1)20-13-7-15-22-23-16-8-14-21(25(23)17-24(20)22)19-11-5-2-6-12-19;1-8-5-9(11(2,3)4)7-10(12)6-8;1-3-2;;;/h1-17H;5-7,12H,1-4H3;1-2H3;2*1H;/q;;;;;+1/p-1. The van der Waals surface area contributed by atoms with Crippen molar-refractivity contribution in [3.8, 4) is 16.9 Å². The number of aryl methyl sites for hydroxylation is 1. The van der Waals surface area contributed by atoms with Crippen LogP contribution in [0, 0.1) is 6.92 Å². The van der Waals surface area contributed by atoms with Gasteiger partial charge in [-0.15, -0.1) is 24.8 Å². The third-order valence-electron chi connectivity index (χ3n) is 8.27. The van der Waals surface area contributed by atoms with Crippen LogP contribution in [-0.4, -0.2) is 3.81 Å². The molecule has 1 nitrogen and oxygen atoms in total. The van der Waals surface area contributed by atoms with Crippen LogP contribution in [0.3, 0.4) is 0 Å². The molecule has 2 aliphatic rings. The van der Waals surface area contributed by atoms with E-state index in [0.717, 1.165) is 5.75 Å². The number of benzene rings is 4. The number of halogens is 2. The molecule has 1 atom stereocenters. The van der Waals surface area contributed by atoms with Crippen LogP contribution >= 0.6 is 24.8 Å². The summed E-state index contributed by atoms with van der Waals surface area (Å²) in [6.45, 7) is 13.6. The molecule has 0 N–H and O–H groups in total. The van der Waals surface area contributed by atoms with Crippen molar-refractivity contribution in [1.29, 1.82) is 0 Å². The zero-order chi connectivity index (χ0) is 28.8. The normalized spacial score (nSPS) is 16.5. The number of rotatable bonds is 5. The van der Waals surface area contributed by atoms with Crippen molar-refractivity contribution >= 4 is 40.3 Å². The van der Waals surface area contributed by atoms with E-state index >= 15 is 0 Å². The molecule has 0 amide bonds. The van der Waals surface area contributed by atoms with Crippen LogP contribution in [-0.2, 0) is 26.9 Å². The molecule has 0 radical (unpaired) electrons. The molecule has 0 saturated heterocycles. The average molecular weight is 644 g/mol. The van der Waals surface area contributed by atoms with Gasteiger partial charge in [0, 0.05) is 0 Å². The Hall–Kier alpha value is -2.94. The van der Waals surface area contributed by atoms with Gasteiger partial charge in [0.25, 0.3) is 0 Å². The fourth-order valence-corrected chi connectivity index (χ4v) is 10.4. The van der Waals surface area contributed by atoms with Gasteiger partial charge in [0.15, 0.2) is 0 Å². The van der Waals surface area contributed by atoms with Crippen LogP contribution in [0.4, 0.5) is 0 Å². The van der Waals surface area contributed by atoms with E-state index in [1.54, 1.807) is 0 Å². The average Bonchev–Trinajstić information content (AvgIpc) is 3.36. The Morgan fingerprint density at radius 1 is 0.767 bits per heavy atom. The largest absolute Gasteiger partial charge is 0.147 e. The van der Waals surface area contributed by atoms with E-state index < -0.39 is 17.8 Å². The van der Waals surface area contributed by atoms with E-state index in [1.165, 1.54) is 53.9 Å². The van der Waals surface area contributed by atoms with Gasteiger partial charge >= 0.3 is 253 Å². The Bertz CT molecular complexity index is 1750. The molecular formula is C39H40Cl2OTi. The summed E-state index contributed by atoms with van der Waals surface area (Å²) in [6.07, 6.45) is 9.49. The predicted molar refractivity (Wildman–Crippen MR) is 186 cm³/mol. The summed E-state index contributed by atoms with van der Waals surface area (Å²) in [4.78, 5) is 0. The third kappa shape index (κ3) is 6.07. The zero-order valence-corrected chi connectivity index (χ0v) is 29.0. The van der Waals surface area contributed by atoms with Crippen LogP contribution < -0.4 is 3.32 Å². The fraction of sp³-hybridized carbons (Fsp3) is 0.205. The minimum absolute atomic E-state index is 0. The molecule has 220 valence electrons. The molecule has 43 heavy (non-hydrogen) atoms. The van der Waals surface area contributed by atoms with Crippen molar-refractivity contribution < 1.29 is 21.1 Å². The van der Waals surface area contributed by atoms with E-state index in [2.05, 4.69) is 163 Å². The topological polar surface area (TPSA) is 9.23 Å². The summed E-state index contributed by atoms with van der Waals surface area (Å²) in [6, 6.07) is 35.3. The first-order valence-corrected chi connectivity index (χ1v) is 16.7. The summed E-state index contributed by atoms with van der Waals surface area (Å²) in [5.74, 6) is 0.993. The van der Waals surface area contributed by atoms with Crippen molar-refractivity contribution in [1.82, 2.24) is 0 Å². The maximum Gasteiger partial charge on any atom is -0.147 e. The second-order valence-corrected chi connectivity index (χ2v) is 16.7. The first kappa shape index (κ1) is 33.0. The van der Waals surface area contributed by atoms with E-state index in [4.69, 9.17) is 3.32 Å². The van der Waals surface area contributed by atoms with Crippen LogP contribution in [0.15, 0.2) is 121 Å². The van der Waals surface area contributed by atoms with Gasteiger partial charge < -0.3 is 0 Å². The quantitative estimate of drug-likeness (QED) is 0.197. The van der Waals surface area contributed by atoms with Crippen molar-refractivity contribution in [3.63, 3.8) is 0 Å². The molecule has 4 aromatic carbocycles. The molecule has 0 heterocycles. The van der Waals surface area contributed by atoms with E-state index in [-0.39, 0.29) is 33.9 Å². The Labute approximate surface area is 276 Å². The van der Waals surface area contributed by atoms with Crippen LogP contribution in [0.5, 0.6) is 5.75 Å². The Kier molecular flexibility index (Phi) is 9.94. The number of hydrogen-bond donors (Lipinski definition) is 0. The van der Waals surface area contributed by atoms with Crippen LogP contribution in [0.25, 0.3) is 22.8 Å². The third-order valence-corrected chi connectivity index (χ3v) is 12.6. The molecule has 6 rings (SSSR count). The Balaban J connectivity index is 0.00000212. The summed E-state index contributed by atoms with van der Waals surface area (Å²) in [5.41, 5.74) is 11.7. The van der Waals surface area contributed by atoms with Gasteiger partial charge in [-0.25, -0.2) is 0 Å². The predicted octanol–water partition coefficient (Wildman–Crippen LogP) is 10.9. The van der Waals surface area contributed by atoms with Gasteiger partial charge in [-0.3, -0.25) is 0 Å². The molecule has 4 heteroatoms. The molecule has 0 fully saturated rings. The Morgan fingerprint density at radius 3 is 2.07 bits per heavy atom. The maximum absolute atomic E-state index is 7.32. The SMILES string of the molecule is C[C](C)=[Ti]([O]c1cc(C)cc(C(C)(C)C)c1)[C]1(c2ccccc2)C=CC=C2C1=Cc1c2cccc1-c1ccccc1.Cl.Cl. The first-order chi connectivity index (χ1) is 19.7. The minimum atomic E-state index is -2.53. The van der Waals surface area contributed by atoms with Gasteiger partial charge in [-0.1, -0.05) is 0 Å². The molecule has 1 unspecified atom stereocenters. The van der Waals surface area contributed by atoms with Gasteiger partial charge in [0.2, 0.25) is 0 Å². The fourth-order valence-electron chi connectivity index (χ4n) is 6.29. The molecule has 2 aliphatic carbocycles. The number of fused-ring (bicyclic) bond motifs is 3. The molecule has 4 aromatic rings. The maximum atomic E-state index is 7.32. The number of allylic oxidation sites excluding steroid dienone is 5. The van der Waals surface area contributed by atoms with Crippen molar-refractivity contribution in [2.45, 2.75) is 50.7 Å². The summed E-state index contributed by atoms with van der Waals surface area (Å²) >= 11 is -2.53. The monoisotopic (exact) mass is 642 g/mol. The Morgan fingerprint density at radius 2 is 1.42 bits per heavy atom. The second kappa shape index (κ2) is 13.0. The van der Waals surface area contributed by atoms with Crippen molar-refractivity contribution in [2.24, 2.45) is 0 Å². The molecule has 0 saturated carbocycles. The molecule has 0 bridgehead atoms. The summed E-state index contributed by atoms with van der Waals surface area (Å²) < 4.78 is 8.39. The molecular weight excluding hydrogens is 603 g/mol. The van der Waals surface area contributed by atoms with E-state index in [0.29, 0.717) is 0 Å². The number of hydrogen-bond acceptors (Lipinski definition) is 1. The second-order valence-electron chi connectivity index (χ2n) is 12.5. The van der Waals surface area contributed by atoms with E-state index in [9.17, 15) is 0 Å². The van der Waals surface area contributed by atoms with Crippen molar-refractivity contribution in [2.75, 3.05) is 0 Å². The summed E-state index contributed by atoms with van der Waals surface area (Å²) in [5, 5.41) is 0. The molecule has 0 aliphatic heterocycles. The van der Waals surface area contributed by atoms with Gasteiger partial charge in [-0.05, 0) is 0 Å². The molecule has 0 spiro atoms. The zero-order valence-electron chi connectivity index (χ0n) is 25.8. The first-order valence-electron chi connectivity index (χ1n) is 14.5. The van der Waals surface area contributed by atoms with Gasteiger partial charge in [0.1, 0.15) is 0 Å².